The third-order valence-corrected chi connectivity index (χ3v) is 7.80. The maximum Gasteiger partial charge on any atom is 0.223 e. The lowest BCUT2D eigenvalue weighted by Crippen LogP contribution is -2.43. The number of rotatable bonds is 8. The van der Waals surface area contributed by atoms with E-state index in [-0.39, 0.29) is 11.8 Å². The molecule has 4 rings (SSSR count). The number of thiophene rings is 1. The minimum Gasteiger partial charge on any atom is -0.356 e. The van der Waals surface area contributed by atoms with Crippen LogP contribution in [0.3, 0.4) is 0 Å². The molecule has 0 saturated carbocycles. The first-order chi connectivity index (χ1) is 15.6. The topological polar surface area (TPSA) is 61.4 Å². The maximum atomic E-state index is 12.7. The van der Waals surface area contributed by atoms with Crippen molar-refractivity contribution in [3.8, 4) is 10.6 Å². The summed E-state index contributed by atoms with van der Waals surface area (Å²) in [5.74, 6) is 2.68. The largest absolute Gasteiger partial charge is 0.356 e. The molecule has 0 aliphatic carbocycles. The van der Waals surface area contributed by atoms with Crippen LogP contribution in [0.4, 0.5) is 5.82 Å². The van der Waals surface area contributed by atoms with E-state index < -0.39 is 0 Å². The number of aromatic nitrogens is 2. The highest BCUT2D eigenvalue weighted by molar-refractivity contribution is 7.13. The number of nitrogens with one attached hydrogen (secondary N) is 1. The molecule has 4 heterocycles. The predicted molar refractivity (Wildman–Crippen MR) is 132 cm³/mol. The number of amides is 1. The van der Waals surface area contributed by atoms with Gasteiger partial charge in [-0.2, -0.15) is 0 Å². The summed E-state index contributed by atoms with van der Waals surface area (Å²) in [4.78, 5) is 18.7. The number of hydrogen-bond donors (Lipinski definition) is 1. The molecule has 2 saturated heterocycles. The summed E-state index contributed by atoms with van der Waals surface area (Å²) in [6.07, 6.45) is 5.46. The van der Waals surface area contributed by atoms with Gasteiger partial charge in [-0.15, -0.1) is 21.5 Å². The number of anilines is 1. The minimum atomic E-state index is 0.121. The molecule has 32 heavy (non-hydrogen) atoms. The van der Waals surface area contributed by atoms with Crippen molar-refractivity contribution in [2.75, 3.05) is 44.2 Å². The quantitative estimate of drug-likeness (QED) is 0.643. The van der Waals surface area contributed by atoms with Crippen LogP contribution >= 0.6 is 11.3 Å². The van der Waals surface area contributed by atoms with Gasteiger partial charge in [-0.25, -0.2) is 0 Å². The fourth-order valence-corrected chi connectivity index (χ4v) is 5.36. The monoisotopic (exact) mass is 455 g/mol. The van der Waals surface area contributed by atoms with Crippen LogP contribution in [0.25, 0.3) is 10.6 Å². The summed E-state index contributed by atoms with van der Waals surface area (Å²) in [6.45, 7) is 10.7. The molecule has 0 aromatic carbocycles. The summed E-state index contributed by atoms with van der Waals surface area (Å²) in [5, 5.41) is 14.1. The number of piperidine rings is 2. The van der Waals surface area contributed by atoms with Crippen LogP contribution in [0, 0.1) is 17.8 Å². The van der Waals surface area contributed by atoms with Gasteiger partial charge < -0.3 is 15.1 Å². The van der Waals surface area contributed by atoms with Gasteiger partial charge in [0.2, 0.25) is 5.91 Å². The normalized spacial score (nSPS) is 18.9. The lowest BCUT2D eigenvalue weighted by molar-refractivity contribution is -0.125. The van der Waals surface area contributed by atoms with E-state index in [0.29, 0.717) is 5.92 Å². The van der Waals surface area contributed by atoms with Crippen molar-refractivity contribution in [1.29, 1.82) is 0 Å². The Bertz CT molecular complexity index is 823. The van der Waals surface area contributed by atoms with Crippen LogP contribution in [-0.4, -0.2) is 60.3 Å². The summed E-state index contributed by atoms with van der Waals surface area (Å²) in [6, 6.07) is 8.19. The number of carbonyl (C=O) groups is 1. The van der Waals surface area contributed by atoms with Gasteiger partial charge in [-0.05, 0) is 87.2 Å². The van der Waals surface area contributed by atoms with Gasteiger partial charge >= 0.3 is 0 Å². The molecule has 2 fully saturated rings. The van der Waals surface area contributed by atoms with Gasteiger partial charge in [0.25, 0.3) is 0 Å². The van der Waals surface area contributed by atoms with E-state index in [0.717, 1.165) is 54.8 Å². The standard InChI is InChI=1S/C25H37N5OS/c1-19(2)7-12-29-13-8-20(9-14-29)18-26-25(31)21-10-15-30(16-11-21)24-6-5-22(27-28-24)23-4-3-17-32-23/h3-6,17,19-21H,7-16,18H2,1-2H3,(H,26,31). The number of hydrogen-bond acceptors (Lipinski definition) is 6. The van der Waals surface area contributed by atoms with Crippen molar-refractivity contribution < 1.29 is 4.79 Å². The van der Waals surface area contributed by atoms with Crippen molar-refractivity contribution >= 4 is 23.1 Å². The molecule has 0 atom stereocenters. The van der Waals surface area contributed by atoms with Crippen molar-refractivity contribution in [3.63, 3.8) is 0 Å². The Kier molecular flexibility index (Phi) is 8.14. The number of nitrogens with zero attached hydrogens (tertiary/aromatic N) is 4. The van der Waals surface area contributed by atoms with Gasteiger partial charge in [0, 0.05) is 25.6 Å². The molecule has 2 aromatic heterocycles. The van der Waals surface area contributed by atoms with Crippen LogP contribution in [-0.2, 0) is 4.79 Å². The summed E-state index contributed by atoms with van der Waals surface area (Å²) >= 11 is 1.68. The van der Waals surface area contributed by atoms with Gasteiger partial charge in [0.15, 0.2) is 5.82 Å². The molecule has 7 heteroatoms. The summed E-state index contributed by atoms with van der Waals surface area (Å²) in [5.41, 5.74) is 0.920. The molecule has 0 radical (unpaired) electrons. The molecular formula is C25H37N5OS. The molecule has 2 aliphatic heterocycles. The zero-order valence-electron chi connectivity index (χ0n) is 19.5. The Balaban J connectivity index is 1.16. The average Bonchev–Trinajstić information content (AvgIpc) is 3.37. The first-order valence-electron chi connectivity index (χ1n) is 12.2. The van der Waals surface area contributed by atoms with Crippen molar-refractivity contribution in [3.05, 3.63) is 29.6 Å². The summed E-state index contributed by atoms with van der Waals surface area (Å²) in [7, 11) is 0. The highest BCUT2D eigenvalue weighted by Crippen LogP contribution is 2.26. The second-order valence-corrected chi connectivity index (χ2v) is 10.7. The third-order valence-electron chi connectivity index (χ3n) is 6.91. The third kappa shape index (κ3) is 6.29. The van der Waals surface area contributed by atoms with Crippen LogP contribution in [0.2, 0.25) is 0 Å². The molecule has 0 spiro atoms. The lowest BCUT2D eigenvalue weighted by Gasteiger charge is -2.34. The Morgan fingerprint density at radius 3 is 2.50 bits per heavy atom. The van der Waals surface area contributed by atoms with E-state index >= 15 is 0 Å². The fourth-order valence-electron chi connectivity index (χ4n) is 4.66. The molecule has 0 bridgehead atoms. The van der Waals surface area contributed by atoms with Gasteiger partial charge in [0.05, 0.1) is 4.88 Å². The smallest absolute Gasteiger partial charge is 0.223 e. The summed E-state index contributed by atoms with van der Waals surface area (Å²) < 4.78 is 0. The first kappa shape index (κ1) is 23.2. The van der Waals surface area contributed by atoms with Crippen LogP contribution in [0.15, 0.2) is 29.6 Å². The molecule has 0 unspecified atom stereocenters. The SMILES string of the molecule is CC(C)CCN1CCC(CNC(=O)C2CCN(c3ccc(-c4cccs4)nn3)CC2)CC1. The average molecular weight is 456 g/mol. The lowest BCUT2D eigenvalue weighted by atomic mass is 9.94. The number of carbonyl (C=O) groups excluding carboxylic acids is 1. The first-order valence-corrected chi connectivity index (χ1v) is 13.1. The van der Waals surface area contributed by atoms with Gasteiger partial charge in [0.1, 0.15) is 5.69 Å². The highest BCUT2D eigenvalue weighted by Gasteiger charge is 2.27. The molecule has 1 N–H and O–H groups in total. The Labute approximate surface area is 196 Å². The van der Waals surface area contributed by atoms with Crippen molar-refractivity contribution in [2.45, 2.75) is 46.0 Å². The molecular weight excluding hydrogens is 418 g/mol. The van der Waals surface area contributed by atoms with Gasteiger partial charge in [-0.1, -0.05) is 19.9 Å². The Morgan fingerprint density at radius 2 is 1.88 bits per heavy atom. The second-order valence-electron chi connectivity index (χ2n) is 9.73. The maximum absolute atomic E-state index is 12.7. The van der Waals surface area contributed by atoms with Gasteiger partial charge in [-0.3, -0.25) is 4.79 Å². The Hall–Kier alpha value is -1.99. The molecule has 174 valence electrons. The zero-order chi connectivity index (χ0) is 22.3. The van der Waals surface area contributed by atoms with Crippen molar-refractivity contribution in [2.24, 2.45) is 17.8 Å². The fraction of sp³-hybridized carbons (Fsp3) is 0.640. The van der Waals surface area contributed by atoms with E-state index in [1.165, 1.54) is 38.9 Å². The molecule has 6 nitrogen and oxygen atoms in total. The highest BCUT2D eigenvalue weighted by atomic mass is 32.1. The van der Waals surface area contributed by atoms with E-state index in [1.54, 1.807) is 11.3 Å². The van der Waals surface area contributed by atoms with Crippen LogP contribution in [0.5, 0.6) is 0 Å². The zero-order valence-corrected chi connectivity index (χ0v) is 20.3. The van der Waals surface area contributed by atoms with E-state index in [1.807, 2.05) is 12.1 Å². The molecule has 1 amide bonds. The predicted octanol–water partition coefficient (Wildman–Crippen LogP) is 4.30. The van der Waals surface area contributed by atoms with Crippen molar-refractivity contribution in [1.82, 2.24) is 20.4 Å². The van der Waals surface area contributed by atoms with E-state index in [4.69, 9.17) is 0 Å². The second kappa shape index (κ2) is 11.2. The van der Waals surface area contributed by atoms with E-state index in [2.05, 4.69) is 56.7 Å². The van der Waals surface area contributed by atoms with Crippen LogP contribution in [0.1, 0.15) is 46.0 Å². The number of likely N-dealkylation sites (tertiary alicyclic amines) is 1. The minimum absolute atomic E-state index is 0.121. The van der Waals surface area contributed by atoms with E-state index in [9.17, 15) is 4.79 Å². The van der Waals surface area contributed by atoms with Crippen LogP contribution < -0.4 is 10.2 Å². The Morgan fingerprint density at radius 1 is 1.09 bits per heavy atom. The molecule has 2 aromatic rings. The molecule has 2 aliphatic rings.